The van der Waals surface area contributed by atoms with Crippen LogP contribution >= 0.6 is 0 Å². The quantitative estimate of drug-likeness (QED) is 0.590. The Morgan fingerprint density at radius 2 is 2.07 bits per heavy atom. The molecule has 0 radical (unpaired) electrons. The van der Waals surface area contributed by atoms with Gasteiger partial charge in [0.1, 0.15) is 24.4 Å². The van der Waals surface area contributed by atoms with Gasteiger partial charge in [0.25, 0.3) is 0 Å². The van der Waals surface area contributed by atoms with Crippen molar-refractivity contribution in [1.82, 2.24) is 0 Å². The fraction of sp³-hybridized carbons (Fsp3) is 0.700. The molecule has 1 N–H and O–H groups in total. The van der Waals surface area contributed by atoms with E-state index >= 15 is 0 Å². The second kappa shape index (κ2) is 4.75. The molecule has 5 fully saturated rings. The van der Waals surface area contributed by atoms with E-state index in [9.17, 15) is 14.7 Å². The first kappa shape index (κ1) is 16.1. The van der Waals surface area contributed by atoms with Gasteiger partial charge in [0.2, 0.25) is 0 Å². The Morgan fingerprint density at radius 1 is 1.22 bits per heavy atom. The number of carbonyl (C=O) groups is 2. The largest absolute Gasteiger partial charge is 0.472 e. The number of fused-ring (bicyclic) bond motifs is 4. The standard InChI is InChI=1S/C20H22O7/c1-18-7-14(10-3-5-24-8-10)27-17(22)11(18)2-4-19-9-25-16(21)12(19)6-13-15(26-13)20(18,19)23/h3,5,8,11-15,23H,2,4,6-7,9H2,1H3/t11-,12-,13+,14-,15+,18+,19-,20-/m1/s1. The Bertz CT molecular complexity index is 833. The van der Waals surface area contributed by atoms with E-state index in [0.717, 1.165) is 5.56 Å². The molecule has 0 bridgehead atoms. The van der Waals surface area contributed by atoms with Crippen molar-refractivity contribution in [3.05, 3.63) is 24.2 Å². The SMILES string of the molecule is C[C@]12C[C@H](c3ccoc3)OC(=O)[C@H]1CC[C@@]13COC(=O)[C@H]1C[C@@H]1O[C@@H]1[C@]32O. The number of rotatable bonds is 1. The molecular weight excluding hydrogens is 352 g/mol. The molecule has 7 nitrogen and oxygen atoms in total. The van der Waals surface area contributed by atoms with Gasteiger partial charge in [-0.3, -0.25) is 9.59 Å². The molecule has 144 valence electrons. The number of epoxide rings is 1. The van der Waals surface area contributed by atoms with Gasteiger partial charge in [-0.25, -0.2) is 0 Å². The maximum absolute atomic E-state index is 12.9. The van der Waals surface area contributed by atoms with Crippen molar-refractivity contribution in [1.29, 1.82) is 0 Å². The third-order valence-electron chi connectivity index (χ3n) is 8.23. The number of cyclic esters (lactones) is 2. The molecule has 0 aromatic carbocycles. The zero-order valence-corrected chi connectivity index (χ0v) is 15.1. The molecule has 3 saturated heterocycles. The highest BCUT2D eigenvalue weighted by Gasteiger charge is 2.82. The van der Waals surface area contributed by atoms with Gasteiger partial charge >= 0.3 is 11.9 Å². The Balaban J connectivity index is 1.50. The Kier molecular flexibility index (Phi) is 2.84. The maximum atomic E-state index is 12.9. The Hall–Kier alpha value is -1.86. The summed E-state index contributed by atoms with van der Waals surface area (Å²) in [5.41, 5.74) is -1.98. The van der Waals surface area contributed by atoms with E-state index in [1.165, 1.54) is 0 Å². The molecular formula is C20H22O7. The average Bonchev–Trinajstić information content (AvgIpc) is 3.07. The van der Waals surface area contributed by atoms with Crippen LogP contribution in [0.1, 0.15) is 44.3 Å². The maximum Gasteiger partial charge on any atom is 0.310 e. The number of carbonyl (C=O) groups excluding carboxylic acids is 2. The van der Waals surface area contributed by atoms with E-state index in [2.05, 4.69) is 0 Å². The van der Waals surface area contributed by atoms with Crippen LogP contribution in [0.25, 0.3) is 0 Å². The first-order valence-corrected chi connectivity index (χ1v) is 9.68. The smallest absolute Gasteiger partial charge is 0.310 e. The molecule has 5 aliphatic rings. The van der Waals surface area contributed by atoms with Crippen LogP contribution in [0, 0.1) is 22.7 Å². The van der Waals surface area contributed by atoms with Gasteiger partial charge < -0.3 is 23.7 Å². The molecule has 4 heterocycles. The lowest BCUT2D eigenvalue weighted by Gasteiger charge is -2.63. The van der Waals surface area contributed by atoms with Crippen LogP contribution in [0.3, 0.4) is 0 Å². The van der Waals surface area contributed by atoms with Gasteiger partial charge in [-0.1, -0.05) is 6.92 Å². The normalized spacial score (nSPS) is 52.7. The number of furan rings is 1. The monoisotopic (exact) mass is 374 g/mol. The second-order valence-electron chi connectivity index (χ2n) is 9.11. The molecule has 1 spiro atoms. The van der Waals surface area contributed by atoms with Crippen LogP contribution < -0.4 is 0 Å². The molecule has 8 atom stereocenters. The summed E-state index contributed by atoms with van der Waals surface area (Å²) in [6, 6.07) is 1.78. The highest BCUT2D eigenvalue weighted by molar-refractivity contribution is 5.79. The highest BCUT2D eigenvalue weighted by atomic mass is 16.6. The van der Waals surface area contributed by atoms with Gasteiger partial charge in [0.15, 0.2) is 0 Å². The minimum absolute atomic E-state index is 0.139. The summed E-state index contributed by atoms with van der Waals surface area (Å²) in [4.78, 5) is 25.4. The summed E-state index contributed by atoms with van der Waals surface area (Å²) in [7, 11) is 0. The van der Waals surface area contributed by atoms with Gasteiger partial charge in [-0.15, -0.1) is 0 Å². The molecule has 2 saturated carbocycles. The predicted molar refractivity (Wildman–Crippen MR) is 88.1 cm³/mol. The minimum Gasteiger partial charge on any atom is -0.472 e. The lowest BCUT2D eigenvalue weighted by atomic mass is 9.41. The van der Waals surface area contributed by atoms with Crippen molar-refractivity contribution in [2.45, 2.75) is 56.5 Å². The molecule has 2 aliphatic carbocycles. The van der Waals surface area contributed by atoms with E-state index < -0.39 is 28.5 Å². The molecule has 1 aromatic heterocycles. The summed E-state index contributed by atoms with van der Waals surface area (Å²) >= 11 is 0. The highest BCUT2D eigenvalue weighted by Crippen LogP contribution is 2.72. The van der Waals surface area contributed by atoms with Crippen LogP contribution in [0.4, 0.5) is 0 Å². The van der Waals surface area contributed by atoms with Crippen LogP contribution in [0.2, 0.25) is 0 Å². The van der Waals surface area contributed by atoms with Crippen LogP contribution in [-0.4, -0.2) is 41.5 Å². The van der Waals surface area contributed by atoms with Crippen molar-refractivity contribution < 1.29 is 33.3 Å². The Labute approximate surface area is 155 Å². The van der Waals surface area contributed by atoms with Gasteiger partial charge in [-0.05, 0) is 31.7 Å². The molecule has 3 aliphatic heterocycles. The molecule has 1 aromatic rings. The van der Waals surface area contributed by atoms with Crippen LogP contribution in [-0.2, 0) is 23.8 Å². The minimum atomic E-state index is -1.30. The molecule has 27 heavy (non-hydrogen) atoms. The van der Waals surface area contributed by atoms with E-state index in [1.807, 2.05) is 6.92 Å². The number of esters is 2. The summed E-state index contributed by atoms with van der Waals surface area (Å²) in [6.45, 7) is 2.17. The van der Waals surface area contributed by atoms with Crippen molar-refractivity contribution in [2.24, 2.45) is 22.7 Å². The van der Waals surface area contributed by atoms with E-state index in [-0.39, 0.29) is 36.7 Å². The molecule has 0 amide bonds. The topological polar surface area (TPSA) is 98.5 Å². The third-order valence-corrected chi connectivity index (χ3v) is 8.23. The number of aliphatic hydroxyl groups is 1. The fourth-order valence-electron chi connectivity index (χ4n) is 6.82. The van der Waals surface area contributed by atoms with Crippen molar-refractivity contribution in [3.8, 4) is 0 Å². The van der Waals surface area contributed by atoms with Crippen LogP contribution in [0.15, 0.2) is 23.0 Å². The van der Waals surface area contributed by atoms with Crippen molar-refractivity contribution in [2.75, 3.05) is 6.61 Å². The summed E-state index contributed by atoms with van der Waals surface area (Å²) in [5.74, 6) is -1.32. The molecule has 6 rings (SSSR count). The summed E-state index contributed by atoms with van der Waals surface area (Å²) < 4.78 is 22.2. The molecule has 0 unspecified atom stereocenters. The first-order valence-electron chi connectivity index (χ1n) is 9.68. The Morgan fingerprint density at radius 3 is 2.85 bits per heavy atom. The van der Waals surface area contributed by atoms with E-state index in [0.29, 0.717) is 25.7 Å². The summed E-state index contributed by atoms with van der Waals surface area (Å²) in [5, 5.41) is 12.3. The third kappa shape index (κ3) is 1.67. The molecule has 7 heteroatoms. The second-order valence-corrected chi connectivity index (χ2v) is 9.11. The summed E-state index contributed by atoms with van der Waals surface area (Å²) in [6.07, 6.45) is 4.37. The zero-order chi connectivity index (χ0) is 18.6. The number of hydrogen-bond donors (Lipinski definition) is 1. The number of ether oxygens (including phenoxy) is 3. The average molecular weight is 374 g/mol. The van der Waals surface area contributed by atoms with E-state index in [1.54, 1.807) is 18.6 Å². The van der Waals surface area contributed by atoms with E-state index in [4.69, 9.17) is 18.6 Å². The predicted octanol–water partition coefficient (Wildman–Crippen LogP) is 1.75. The van der Waals surface area contributed by atoms with Gasteiger partial charge in [0, 0.05) is 16.4 Å². The fourth-order valence-corrected chi connectivity index (χ4v) is 6.82. The first-order chi connectivity index (χ1) is 12.9. The van der Waals surface area contributed by atoms with Crippen LogP contribution in [0.5, 0.6) is 0 Å². The van der Waals surface area contributed by atoms with Crippen molar-refractivity contribution in [3.63, 3.8) is 0 Å². The zero-order valence-electron chi connectivity index (χ0n) is 15.1. The van der Waals surface area contributed by atoms with Gasteiger partial charge in [-0.2, -0.15) is 0 Å². The van der Waals surface area contributed by atoms with Gasteiger partial charge in [0.05, 0.1) is 30.5 Å². The lowest BCUT2D eigenvalue weighted by molar-refractivity contribution is -0.269. The number of hydrogen-bond acceptors (Lipinski definition) is 7. The van der Waals surface area contributed by atoms with Crippen molar-refractivity contribution >= 4 is 11.9 Å². The lowest BCUT2D eigenvalue weighted by Crippen LogP contribution is -2.73.